The van der Waals surface area contributed by atoms with E-state index in [4.69, 9.17) is 15.6 Å². The van der Waals surface area contributed by atoms with Crippen molar-refractivity contribution in [1.82, 2.24) is 20.3 Å². The minimum absolute atomic E-state index is 0.0519. The molecule has 0 spiro atoms. The Morgan fingerprint density at radius 2 is 1.97 bits per heavy atom. The quantitative estimate of drug-likeness (QED) is 0.169. The number of carbonyl (C=O) groups is 3. The number of nitrogens with zero attached hydrogens (tertiary/aromatic N) is 1. The fourth-order valence-electron chi connectivity index (χ4n) is 3.69. The van der Waals surface area contributed by atoms with Crippen molar-refractivity contribution in [2.24, 2.45) is 0 Å². The SMILES string of the molecule is CCC(C)OC(=O)C(CCC(=O)O)NC(=O)c1cscc1CCCCc1cc2c(=O)[nH]c(N)nc2[nH]1. The zero-order valence-electron chi connectivity index (χ0n) is 20.3. The molecule has 1 amide bonds. The number of aryl methyl sites for hydroxylation is 2. The van der Waals surface area contributed by atoms with Gasteiger partial charge in [-0.1, -0.05) is 6.92 Å². The van der Waals surface area contributed by atoms with Gasteiger partial charge < -0.3 is 25.9 Å². The molecule has 0 fully saturated rings. The van der Waals surface area contributed by atoms with Gasteiger partial charge in [-0.15, -0.1) is 0 Å². The van der Waals surface area contributed by atoms with Crippen molar-refractivity contribution in [3.63, 3.8) is 0 Å². The number of nitrogens with one attached hydrogen (secondary N) is 3. The van der Waals surface area contributed by atoms with E-state index in [-0.39, 0.29) is 30.5 Å². The van der Waals surface area contributed by atoms with Gasteiger partial charge in [0, 0.05) is 17.5 Å². The lowest BCUT2D eigenvalue weighted by Crippen LogP contribution is -2.43. The topological polar surface area (TPSA) is 180 Å². The summed E-state index contributed by atoms with van der Waals surface area (Å²) in [6, 6.07) is 0.725. The van der Waals surface area contributed by atoms with Gasteiger partial charge >= 0.3 is 11.9 Å². The molecule has 2 atom stereocenters. The molecule has 0 aromatic carbocycles. The number of rotatable bonds is 13. The maximum Gasteiger partial charge on any atom is 0.328 e. The number of unbranched alkanes of at least 4 members (excludes halogenated alkanes) is 1. The lowest BCUT2D eigenvalue weighted by Gasteiger charge is -2.19. The van der Waals surface area contributed by atoms with Gasteiger partial charge in [0.1, 0.15) is 11.7 Å². The minimum atomic E-state index is -1.05. The van der Waals surface area contributed by atoms with Gasteiger partial charge in [-0.25, -0.2) is 4.79 Å². The Labute approximate surface area is 211 Å². The first-order chi connectivity index (χ1) is 17.2. The highest BCUT2D eigenvalue weighted by Gasteiger charge is 2.26. The summed E-state index contributed by atoms with van der Waals surface area (Å²) in [5.41, 5.74) is 7.94. The molecule has 0 radical (unpaired) electrons. The lowest BCUT2D eigenvalue weighted by molar-refractivity contribution is -0.151. The molecule has 2 unspecified atom stereocenters. The number of carboxylic acids is 1. The maximum absolute atomic E-state index is 12.9. The van der Waals surface area contributed by atoms with E-state index in [2.05, 4.69) is 20.3 Å². The number of carbonyl (C=O) groups excluding carboxylic acids is 2. The largest absolute Gasteiger partial charge is 0.481 e. The van der Waals surface area contributed by atoms with Crippen LogP contribution in [0.4, 0.5) is 5.95 Å². The van der Waals surface area contributed by atoms with Crippen LogP contribution in [0.3, 0.4) is 0 Å². The van der Waals surface area contributed by atoms with Gasteiger partial charge in [0.15, 0.2) is 0 Å². The van der Waals surface area contributed by atoms with Gasteiger partial charge in [0.2, 0.25) is 5.95 Å². The molecule has 3 aromatic heterocycles. The Bertz CT molecular complexity index is 1280. The molecule has 0 saturated heterocycles. The second-order valence-corrected chi connectivity index (χ2v) is 9.38. The first-order valence-corrected chi connectivity index (χ1v) is 12.8. The fraction of sp³-hybridized carbons (Fsp3) is 0.458. The molecule has 0 aliphatic rings. The number of aromatic nitrogens is 3. The van der Waals surface area contributed by atoms with E-state index in [9.17, 15) is 19.2 Å². The number of thiophene rings is 1. The molecular formula is C24H31N5O6S. The second-order valence-electron chi connectivity index (χ2n) is 8.64. The number of aromatic amines is 2. The van der Waals surface area contributed by atoms with Crippen LogP contribution >= 0.6 is 11.3 Å². The van der Waals surface area contributed by atoms with Crippen molar-refractivity contribution in [2.75, 3.05) is 5.73 Å². The Hall–Kier alpha value is -3.67. The van der Waals surface area contributed by atoms with Crippen molar-refractivity contribution in [2.45, 2.75) is 70.9 Å². The molecule has 11 nitrogen and oxygen atoms in total. The molecule has 0 bridgehead atoms. The monoisotopic (exact) mass is 517 g/mol. The molecule has 3 aromatic rings. The van der Waals surface area contributed by atoms with Crippen LogP contribution in [0.1, 0.15) is 67.6 Å². The van der Waals surface area contributed by atoms with E-state index in [0.29, 0.717) is 35.9 Å². The normalized spacial score (nSPS) is 12.8. The van der Waals surface area contributed by atoms with Crippen LogP contribution in [-0.2, 0) is 27.2 Å². The van der Waals surface area contributed by atoms with Gasteiger partial charge in [0.05, 0.1) is 17.1 Å². The number of hydrogen-bond donors (Lipinski definition) is 5. The number of nitrogen functional groups attached to an aromatic ring is 1. The first-order valence-electron chi connectivity index (χ1n) is 11.8. The maximum atomic E-state index is 12.9. The van der Waals surface area contributed by atoms with Crippen molar-refractivity contribution in [3.8, 4) is 0 Å². The van der Waals surface area contributed by atoms with Crippen LogP contribution in [0.5, 0.6) is 0 Å². The minimum Gasteiger partial charge on any atom is -0.481 e. The van der Waals surface area contributed by atoms with E-state index in [0.717, 1.165) is 24.1 Å². The predicted molar refractivity (Wildman–Crippen MR) is 136 cm³/mol. The van der Waals surface area contributed by atoms with Crippen LogP contribution in [-0.4, -0.2) is 50.1 Å². The van der Waals surface area contributed by atoms with Crippen LogP contribution in [0.25, 0.3) is 11.0 Å². The fourth-order valence-corrected chi connectivity index (χ4v) is 4.56. The summed E-state index contributed by atoms with van der Waals surface area (Å²) < 4.78 is 5.32. The summed E-state index contributed by atoms with van der Waals surface area (Å²) >= 11 is 1.39. The number of aliphatic carboxylic acids is 1. The van der Waals surface area contributed by atoms with Crippen LogP contribution in [0.2, 0.25) is 0 Å². The molecule has 0 saturated carbocycles. The number of H-pyrrole nitrogens is 2. The molecule has 12 heteroatoms. The lowest BCUT2D eigenvalue weighted by atomic mass is 10.0. The molecule has 0 aliphatic carbocycles. The van der Waals surface area contributed by atoms with Gasteiger partial charge in [-0.2, -0.15) is 16.3 Å². The number of anilines is 1. The zero-order valence-corrected chi connectivity index (χ0v) is 21.1. The summed E-state index contributed by atoms with van der Waals surface area (Å²) in [6.07, 6.45) is 2.90. The average Bonchev–Trinajstić information content (AvgIpc) is 3.46. The van der Waals surface area contributed by atoms with E-state index >= 15 is 0 Å². The number of amides is 1. The van der Waals surface area contributed by atoms with Gasteiger partial charge in [-0.3, -0.25) is 19.4 Å². The summed E-state index contributed by atoms with van der Waals surface area (Å²) in [6.45, 7) is 3.61. The molecule has 194 valence electrons. The van der Waals surface area contributed by atoms with E-state index in [1.165, 1.54) is 11.3 Å². The summed E-state index contributed by atoms with van der Waals surface area (Å²) in [5.74, 6) is -2.06. The Kier molecular flexibility index (Phi) is 9.23. The molecule has 0 aliphatic heterocycles. The molecule has 6 N–H and O–H groups in total. The molecule has 36 heavy (non-hydrogen) atoms. The summed E-state index contributed by atoms with van der Waals surface area (Å²) in [7, 11) is 0. The van der Waals surface area contributed by atoms with Crippen molar-refractivity contribution in [1.29, 1.82) is 0 Å². The van der Waals surface area contributed by atoms with E-state index in [1.54, 1.807) is 18.4 Å². The van der Waals surface area contributed by atoms with Crippen LogP contribution in [0, 0.1) is 0 Å². The average molecular weight is 518 g/mol. The number of fused-ring (bicyclic) bond motifs is 1. The number of hydrogen-bond acceptors (Lipinski definition) is 8. The van der Waals surface area contributed by atoms with E-state index < -0.39 is 23.9 Å². The second kappa shape index (κ2) is 12.3. The smallest absolute Gasteiger partial charge is 0.328 e. The summed E-state index contributed by atoms with van der Waals surface area (Å²) in [4.78, 5) is 58.1. The molecular weight excluding hydrogens is 486 g/mol. The summed E-state index contributed by atoms with van der Waals surface area (Å²) in [5, 5.41) is 15.7. The zero-order chi connectivity index (χ0) is 26.2. The van der Waals surface area contributed by atoms with Crippen molar-refractivity contribution < 1.29 is 24.2 Å². The van der Waals surface area contributed by atoms with Crippen LogP contribution in [0.15, 0.2) is 21.6 Å². The highest BCUT2D eigenvalue weighted by molar-refractivity contribution is 7.08. The molecule has 3 heterocycles. The standard InChI is InChI=1S/C24H31N5O6S/c1-3-13(2)35-23(34)18(8-9-19(30)31)27-22(33)17-12-36-11-14(17)6-4-5-7-15-10-16-20(26-15)28-24(25)29-21(16)32/h10-13,18H,3-9H2,1-2H3,(H,27,33)(H,30,31)(H4,25,26,28,29,32). The third-order valence-electron chi connectivity index (χ3n) is 5.83. The Balaban J connectivity index is 1.57. The number of esters is 1. The highest BCUT2D eigenvalue weighted by Crippen LogP contribution is 2.20. The highest BCUT2D eigenvalue weighted by atomic mass is 32.1. The van der Waals surface area contributed by atoms with Crippen molar-refractivity contribution >= 4 is 46.2 Å². The van der Waals surface area contributed by atoms with Gasteiger partial charge in [0.25, 0.3) is 11.5 Å². The Morgan fingerprint density at radius 1 is 1.22 bits per heavy atom. The third kappa shape index (κ3) is 7.17. The number of nitrogens with two attached hydrogens (primary N) is 1. The Morgan fingerprint density at radius 3 is 2.69 bits per heavy atom. The third-order valence-corrected chi connectivity index (χ3v) is 6.62. The van der Waals surface area contributed by atoms with E-state index in [1.807, 2.05) is 12.3 Å². The predicted octanol–water partition coefficient (Wildman–Crippen LogP) is 2.77. The molecule has 3 rings (SSSR count). The first kappa shape index (κ1) is 26.9. The number of carboxylic acid groups (broad SMARTS) is 1. The van der Waals surface area contributed by atoms with Gasteiger partial charge in [-0.05, 0) is 62.5 Å². The van der Waals surface area contributed by atoms with Crippen LogP contribution < -0.4 is 16.6 Å². The number of ether oxygens (including phenoxy) is 1. The van der Waals surface area contributed by atoms with Crippen molar-refractivity contribution in [3.05, 3.63) is 44.0 Å².